The van der Waals surface area contributed by atoms with Crippen LogP contribution in [-0.4, -0.2) is 11.5 Å². The van der Waals surface area contributed by atoms with Gasteiger partial charge >= 0.3 is 0 Å². The Bertz CT molecular complexity index is 505. The Morgan fingerprint density at radius 1 is 1.33 bits per heavy atom. The first-order chi connectivity index (χ1) is 8.72. The molecule has 0 aliphatic carbocycles. The number of rotatable bonds is 5. The van der Waals surface area contributed by atoms with Crippen LogP contribution in [0.15, 0.2) is 34.9 Å². The minimum Gasteiger partial charge on any atom is -0.439 e. The van der Waals surface area contributed by atoms with Crippen molar-refractivity contribution in [1.82, 2.24) is 10.3 Å². The summed E-state index contributed by atoms with van der Waals surface area (Å²) in [6, 6.07) is 8.34. The molecule has 0 radical (unpaired) electrons. The van der Waals surface area contributed by atoms with Crippen molar-refractivity contribution in [2.45, 2.75) is 33.2 Å². The molecule has 3 nitrogen and oxygen atoms in total. The molecular formula is C15H20N2O. The second-order valence-corrected chi connectivity index (χ2v) is 4.55. The van der Waals surface area contributed by atoms with Gasteiger partial charge in [-0.3, -0.25) is 0 Å². The highest BCUT2D eigenvalue weighted by molar-refractivity contribution is 5.60. The van der Waals surface area contributed by atoms with E-state index in [9.17, 15) is 0 Å². The van der Waals surface area contributed by atoms with E-state index in [1.165, 1.54) is 5.56 Å². The zero-order valence-corrected chi connectivity index (χ0v) is 11.2. The molecule has 0 saturated carbocycles. The second-order valence-electron chi connectivity index (χ2n) is 4.55. The summed E-state index contributed by atoms with van der Waals surface area (Å²) in [6.45, 7) is 7.27. The van der Waals surface area contributed by atoms with Crippen LogP contribution in [0.2, 0.25) is 0 Å². The predicted octanol–water partition coefficient (Wildman–Crippen LogP) is 3.71. The lowest BCUT2D eigenvalue weighted by molar-refractivity contribution is 0.423. The molecule has 18 heavy (non-hydrogen) atoms. The SMILES string of the molecule is CCCNC(C)c1ncc(-c2ccccc2C)o1. The van der Waals surface area contributed by atoms with Gasteiger partial charge in [-0.1, -0.05) is 31.2 Å². The molecule has 96 valence electrons. The molecule has 2 aromatic rings. The number of benzene rings is 1. The zero-order chi connectivity index (χ0) is 13.0. The molecule has 0 spiro atoms. The van der Waals surface area contributed by atoms with Crippen LogP contribution < -0.4 is 5.32 Å². The molecule has 2 rings (SSSR count). The van der Waals surface area contributed by atoms with Crippen molar-refractivity contribution in [3.05, 3.63) is 41.9 Å². The molecule has 0 aliphatic rings. The number of nitrogens with one attached hydrogen (secondary N) is 1. The minimum atomic E-state index is 0.155. The fourth-order valence-electron chi connectivity index (χ4n) is 1.91. The van der Waals surface area contributed by atoms with E-state index in [1.807, 2.05) is 18.3 Å². The van der Waals surface area contributed by atoms with Crippen molar-refractivity contribution < 1.29 is 4.42 Å². The number of hydrogen-bond acceptors (Lipinski definition) is 3. The molecule has 1 unspecified atom stereocenters. The van der Waals surface area contributed by atoms with E-state index in [1.54, 1.807) is 0 Å². The molecule has 1 aromatic heterocycles. The van der Waals surface area contributed by atoms with Gasteiger partial charge in [0.2, 0.25) is 5.89 Å². The van der Waals surface area contributed by atoms with Crippen LogP contribution in [-0.2, 0) is 0 Å². The highest BCUT2D eigenvalue weighted by Gasteiger charge is 2.13. The van der Waals surface area contributed by atoms with Crippen LogP contribution in [0.3, 0.4) is 0 Å². The van der Waals surface area contributed by atoms with Gasteiger partial charge in [0.1, 0.15) is 0 Å². The molecule has 1 N–H and O–H groups in total. The van der Waals surface area contributed by atoms with E-state index >= 15 is 0 Å². The third-order valence-electron chi connectivity index (χ3n) is 3.01. The number of hydrogen-bond donors (Lipinski definition) is 1. The molecule has 0 amide bonds. The third-order valence-corrected chi connectivity index (χ3v) is 3.01. The van der Waals surface area contributed by atoms with Gasteiger partial charge in [-0.25, -0.2) is 4.98 Å². The minimum absolute atomic E-state index is 0.155. The monoisotopic (exact) mass is 244 g/mol. The molecular weight excluding hydrogens is 224 g/mol. The molecule has 0 fully saturated rings. The maximum atomic E-state index is 5.84. The molecule has 1 heterocycles. The van der Waals surface area contributed by atoms with E-state index in [2.05, 4.69) is 43.2 Å². The van der Waals surface area contributed by atoms with Gasteiger partial charge in [-0.05, 0) is 32.4 Å². The van der Waals surface area contributed by atoms with Crippen molar-refractivity contribution >= 4 is 0 Å². The quantitative estimate of drug-likeness (QED) is 0.871. The maximum Gasteiger partial charge on any atom is 0.211 e. The summed E-state index contributed by atoms with van der Waals surface area (Å²) in [7, 11) is 0. The van der Waals surface area contributed by atoms with Gasteiger partial charge in [0.05, 0.1) is 12.2 Å². The molecule has 0 aliphatic heterocycles. The van der Waals surface area contributed by atoms with Gasteiger partial charge in [-0.2, -0.15) is 0 Å². The van der Waals surface area contributed by atoms with Gasteiger partial charge < -0.3 is 9.73 Å². The van der Waals surface area contributed by atoms with E-state index < -0.39 is 0 Å². The average molecular weight is 244 g/mol. The summed E-state index contributed by atoms with van der Waals surface area (Å²) in [4.78, 5) is 4.36. The third kappa shape index (κ3) is 2.79. The Morgan fingerprint density at radius 2 is 2.11 bits per heavy atom. The lowest BCUT2D eigenvalue weighted by Crippen LogP contribution is -2.19. The van der Waals surface area contributed by atoms with Crippen LogP contribution in [0.4, 0.5) is 0 Å². The standard InChI is InChI=1S/C15H20N2O/c1-4-9-16-12(3)15-17-10-14(18-15)13-8-6-5-7-11(13)2/h5-8,10,12,16H,4,9H2,1-3H3. The Morgan fingerprint density at radius 3 is 2.83 bits per heavy atom. The zero-order valence-electron chi connectivity index (χ0n) is 11.2. The van der Waals surface area contributed by atoms with Crippen molar-refractivity contribution in [3.63, 3.8) is 0 Å². The summed E-state index contributed by atoms with van der Waals surface area (Å²) in [6.07, 6.45) is 2.91. The number of aryl methyl sites for hydroxylation is 1. The molecule has 3 heteroatoms. The average Bonchev–Trinajstić information content (AvgIpc) is 2.86. The van der Waals surface area contributed by atoms with Crippen molar-refractivity contribution in [1.29, 1.82) is 0 Å². The summed E-state index contributed by atoms with van der Waals surface area (Å²) >= 11 is 0. The first-order valence-electron chi connectivity index (χ1n) is 6.47. The van der Waals surface area contributed by atoms with Gasteiger partial charge in [0.25, 0.3) is 0 Å². The smallest absolute Gasteiger partial charge is 0.211 e. The Balaban J connectivity index is 2.18. The molecule has 1 atom stereocenters. The first-order valence-corrected chi connectivity index (χ1v) is 6.47. The normalized spacial score (nSPS) is 12.6. The fraction of sp³-hybridized carbons (Fsp3) is 0.400. The molecule has 0 bridgehead atoms. The highest BCUT2D eigenvalue weighted by Crippen LogP contribution is 2.25. The first kappa shape index (κ1) is 12.8. The summed E-state index contributed by atoms with van der Waals surface area (Å²) < 4.78 is 5.84. The summed E-state index contributed by atoms with van der Waals surface area (Å²) in [5.41, 5.74) is 2.31. The van der Waals surface area contributed by atoms with Gasteiger partial charge in [0, 0.05) is 5.56 Å². The van der Waals surface area contributed by atoms with Crippen LogP contribution >= 0.6 is 0 Å². The molecule has 1 aromatic carbocycles. The number of oxazole rings is 1. The van der Waals surface area contributed by atoms with Crippen LogP contribution in [0.1, 0.15) is 37.8 Å². The van der Waals surface area contributed by atoms with E-state index in [0.717, 1.165) is 30.2 Å². The Labute approximate surface area is 108 Å². The largest absolute Gasteiger partial charge is 0.439 e. The second kappa shape index (κ2) is 5.83. The van der Waals surface area contributed by atoms with Crippen LogP contribution in [0.5, 0.6) is 0 Å². The Hall–Kier alpha value is -1.61. The highest BCUT2D eigenvalue weighted by atomic mass is 16.4. The van der Waals surface area contributed by atoms with Crippen LogP contribution in [0.25, 0.3) is 11.3 Å². The molecule has 0 saturated heterocycles. The van der Waals surface area contributed by atoms with Crippen molar-refractivity contribution in [2.24, 2.45) is 0 Å². The van der Waals surface area contributed by atoms with E-state index in [0.29, 0.717) is 0 Å². The lowest BCUT2D eigenvalue weighted by Gasteiger charge is -2.08. The van der Waals surface area contributed by atoms with E-state index in [-0.39, 0.29) is 6.04 Å². The number of nitrogens with zero attached hydrogens (tertiary/aromatic N) is 1. The fourth-order valence-corrected chi connectivity index (χ4v) is 1.91. The maximum absolute atomic E-state index is 5.84. The van der Waals surface area contributed by atoms with Gasteiger partial charge in [-0.15, -0.1) is 0 Å². The lowest BCUT2D eigenvalue weighted by atomic mass is 10.1. The topological polar surface area (TPSA) is 38.1 Å². The summed E-state index contributed by atoms with van der Waals surface area (Å²) in [5.74, 6) is 1.59. The Kier molecular flexibility index (Phi) is 4.15. The van der Waals surface area contributed by atoms with Gasteiger partial charge in [0.15, 0.2) is 5.76 Å². The van der Waals surface area contributed by atoms with E-state index in [4.69, 9.17) is 4.42 Å². The van der Waals surface area contributed by atoms with Crippen molar-refractivity contribution in [2.75, 3.05) is 6.54 Å². The van der Waals surface area contributed by atoms with Crippen LogP contribution in [0, 0.1) is 6.92 Å². The predicted molar refractivity (Wildman–Crippen MR) is 73.4 cm³/mol. The summed E-state index contributed by atoms with van der Waals surface area (Å²) in [5, 5.41) is 3.37. The van der Waals surface area contributed by atoms with Crippen molar-refractivity contribution in [3.8, 4) is 11.3 Å². The number of aromatic nitrogens is 1.